The van der Waals surface area contributed by atoms with E-state index >= 15 is 0 Å². The van der Waals surface area contributed by atoms with Crippen molar-refractivity contribution in [3.63, 3.8) is 0 Å². The third-order valence-corrected chi connectivity index (χ3v) is 3.51. The van der Waals surface area contributed by atoms with Gasteiger partial charge in [0, 0.05) is 6.20 Å². The lowest BCUT2D eigenvalue weighted by atomic mass is 10.2. The first-order chi connectivity index (χ1) is 11.2. The molecule has 3 aromatic rings. The van der Waals surface area contributed by atoms with Crippen LogP contribution in [-0.2, 0) is 4.74 Å². The number of benzene rings is 1. The van der Waals surface area contributed by atoms with Gasteiger partial charge in [0.2, 0.25) is 0 Å². The minimum Gasteiger partial charge on any atom is -0.465 e. The number of methoxy groups -OCH3 is 1. The highest BCUT2D eigenvalue weighted by molar-refractivity contribution is 5.96. The number of anilines is 2. The summed E-state index contributed by atoms with van der Waals surface area (Å²) in [4.78, 5) is 15.9. The molecule has 0 fully saturated rings. The van der Waals surface area contributed by atoms with Gasteiger partial charge in [0.15, 0.2) is 0 Å². The lowest BCUT2D eigenvalue weighted by Gasteiger charge is -2.10. The molecule has 6 nitrogen and oxygen atoms in total. The van der Waals surface area contributed by atoms with Gasteiger partial charge in [-0.15, -0.1) is 0 Å². The number of hydrogen-bond acceptors (Lipinski definition) is 5. The molecular weight excluding hydrogens is 292 g/mol. The summed E-state index contributed by atoms with van der Waals surface area (Å²) in [6.45, 7) is 1.95. The van der Waals surface area contributed by atoms with E-state index in [2.05, 4.69) is 15.4 Å². The second-order valence-corrected chi connectivity index (χ2v) is 4.93. The van der Waals surface area contributed by atoms with Crippen LogP contribution in [0.5, 0.6) is 0 Å². The van der Waals surface area contributed by atoms with Gasteiger partial charge in [-0.2, -0.15) is 5.10 Å². The second-order valence-electron chi connectivity index (χ2n) is 4.93. The fourth-order valence-electron chi connectivity index (χ4n) is 2.29. The van der Waals surface area contributed by atoms with Crippen LogP contribution >= 0.6 is 0 Å². The molecule has 2 heterocycles. The summed E-state index contributed by atoms with van der Waals surface area (Å²) in [5.74, 6) is -0.414. The number of carbonyl (C=O) groups is 1. The minimum absolute atomic E-state index is 0.414. The molecule has 0 saturated heterocycles. The molecule has 2 aromatic heterocycles. The zero-order chi connectivity index (χ0) is 16.2. The first-order valence-corrected chi connectivity index (χ1v) is 7.10. The Hall–Kier alpha value is -3.15. The highest BCUT2D eigenvalue weighted by atomic mass is 16.5. The third kappa shape index (κ3) is 2.91. The molecule has 6 heteroatoms. The number of nitrogens with one attached hydrogen (secondary N) is 1. The lowest BCUT2D eigenvalue weighted by molar-refractivity contribution is 0.0602. The van der Waals surface area contributed by atoms with Crippen molar-refractivity contribution >= 4 is 17.3 Å². The van der Waals surface area contributed by atoms with Gasteiger partial charge in [0.25, 0.3) is 0 Å². The number of para-hydroxylation sites is 1. The summed E-state index contributed by atoms with van der Waals surface area (Å²) < 4.78 is 6.62. The summed E-state index contributed by atoms with van der Waals surface area (Å²) in [7, 11) is 1.35. The van der Waals surface area contributed by atoms with Crippen LogP contribution in [0.3, 0.4) is 0 Å². The second kappa shape index (κ2) is 6.31. The maximum absolute atomic E-state index is 11.8. The third-order valence-electron chi connectivity index (χ3n) is 3.51. The maximum atomic E-state index is 11.8. The predicted molar refractivity (Wildman–Crippen MR) is 87.2 cm³/mol. The predicted octanol–water partition coefficient (Wildman–Crippen LogP) is 3.11. The van der Waals surface area contributed by atoms with E-state index in [-0.39, 0.29) is 0 Å². The summed E-state index contributed by atoms with van der Waals surface area (Å²) in [5.41, 5.74) is 3.70. The van der Waals surface area contributed by atoms with E-state index in [9.17, 15) is 4.79 Å². The normalized spacial score (nSPS) is 10.3. The molecule has 0 aliphatic carbocycles. The van der Waals surface area contributed by atoms with Crippen LogP contribution in [-0.4, -0.2) is 27.8 Å². The van der Waals surface area contributed by atoms with Crippen molar-refractivity contribution in [2.24, 2.45) is 0 Å². The van der Waals surface area contributed by atoms with Crippen LogP contribution < -0.4 is 5.32 Å². The van der Waals surface area contributed by atoms with Crippen LogP contribution in [0.2, 0.25) is 0 Å². The number of nitrogens with zero attached hydrogens (tertiary/aromatic N) is 3. The Kier molecular flexibility index (Phi) is 4.05. The van der Waals surface area contributed by atoms with Crippen LogP contribution in [0.4, 0.5) is 11.4 Å². The number of carbonyl (C=O) groups excluding carboxylic acids is 1. The van der Waals surface area contributed by atoms with E-state index in [1.54, 1.807) is 24.7 Å². The van der Waals surface area contributed by atoms with Crippen molar-refractivity contribution in [2.75, 3.05) is 12.4 Å². The van der Waals surface area contributed by atoms with Crippen molar-refractivity contribution in [2.45, 2.75) is 6.92 Å². The Bertz CT molecular complexity index is 828. The average molecular weight is 308 g/mol. The fourth-order valence-corrected chi connectivity index (χ4v) is 2.29. The summed E-state index contributed by atoms with van der Waals surface area (Å²) >= 11 is 0. The first-order valence-electron chi connectivity index (χ1n) is 7.10. The van der Waals surface area contributed by atoms with E-state index in [4.69, 9.17) is 4.74 Å². The zero-order valence-corrected chi connectivity index (χ0v) is 12.9. The van der Waals surface area contributed by atoms with E-state index in [1.807, 2.05) is 41.9 Å². The SMILES string of the molecule is COC(=O)c1ccncc1Nc1cnn(-c2ccccc2)c1C. The highest BCUT2D eigenvalue weighted by Gasteiger charge is 2.14. The zero-order valence-electron chi connectivity index (χ0n) is 12.9. The maximum Gasteiger partial charge on any atom is 0.340 e. The molecule has 1 aromatic carbocycles. The van der Waals surface area contributed by atoms with Crippen molar-refractivity contribution < 1.29 is 9.53 Å². The molecule has 0 saturated carbocycles. The van der Waals surface area contributed by atoms with Crippen molar-refractivity contribution in [1.29, 1.82) is 0 Å². The molecule has 116 valence electrons. The van der Waals surface area contributed by atoms with Crippen molar-refractivity contribution in [3.05, 3.63) is 66.2 Å². The van der Waals surface area contributed by atoms with E-state index in [0.717, 1.165) is 17.1 Å². The summed E-state index contributed by atoms with van der Waals surface area (Å²) in [6, 6.07) is 11.5. The van der Waals surface area contributed by atoms with Crippen LogP contribution in [0.15, 0.2) is 55.0 Å². The fraction of sp³-hybridized carbons (Fsp3) is 0.118. The Morgan fingerprint density at radius 2 is 1.91 bits per heavy atom. The Labute approximate surface area is 133 Å². The van der Waals surface area contributed by atoms with Crippen LogP contribution in [0.1, 0.15) is 16.1 Å². The van der Waals surface area contributed by atoms with Gasteiger partial charge in [0.1, 0.15) is 0 Å². The Morgan fingerprint density at radius 3 is 2.65 bits per heavy atom. The largest absolute Gasteiger partial charge is 0.465 e. The molecule has 3 rings (SSSR count). The molecule has 0 radical (unpaired) electrons. The smallest absolute Gasteiger partial charge is 0.340 e. The number of aromatic nitrogens is 3. The van der Waals surface area contributed by atoms with Gasteiger partial charge in [-0.25, -0.2) is 9.48 Å². The molecule has 0 aliphatic heterocycles. The molecular formula is C17H16N4O2. The minimum atomic E-state index is -0.414. The number of pyridine rings is 1. The first kappa shape index (κ1) is 14.8. The molecule has 0 atom stereocenters. The number of rotatable bonds is 4. The van der Waals surface area contributed by atoms with Gasteiger partial charge < -0.3 is 10.1 Å². The molecule has 0 unspecified atom stereocenters. The summed E-state index contributed by atoms with van der Waals surface area (Å²) in [5, 5.41) is 7.59. The number of esters is 1. The van der Waals surface area contributed by atoms with E-state index < -0.39 is 5.97 Å². The Morgan fingerprint density at radius 1 is 1.13 bits per heavy atom. The topological polar surface area (TPSA) is 69.0 Å². The quantitative estimate of drug-likeness (QED) is 0.750. The van der Waals surface area contributed by atoms with Gasteiger partial charge in [-0.3, -0.25) is 4.98 Å². The molecule has 23 heavy (non-hydrogen) atoms. The Balaban J connectivity index is 1.94. The molecule has 0 spiro atoms. The average Bonchev–Trinajstić information content (AvgIpc) is 2.96. The van der Waals surface area contributed by atoms with Crippen molar-refractivity contribution in [1.82, 2.24) is 14.8 Å². The molecule has 1 N–H and O–H groups in total. The van der Waals surface area contributed by atoms with Gasteiger partial charge >= 0.3 is 5.97 Å². The molecule has 0 bridgehead atoms. The summed E-state index contributed by atoms with van der Waals surface area (Å²) in [6.07, 6.45) is 4.86. The van der Waals surface area contributed by atoms with Gasteiger partial charge in [0.05, 0.1) is 47.8 Å². The highest BCUT2D eigenvalue weighted by Crippen LogP contribution is 2.24. The van der Waals surface area contributed by atoms with Gasteiger partial charge in [-0.05, 0) is 25.1 Å². The van der Waals surface area contributed by atoms with E-state index in [0.29, 0.717) is 11.3 Å². The number of ether oxygens (including phenoxy) is 1. The van der Waals surface area contributed by atoms with Crippen LogP contribution in [0, 0.1) is 6.92 Å². The van der Waals surface area contributed by atoms with Crippen LogP contribution in [0.25, 0.3) is 5.69 Å². The monoisotopic (exact) mass is 308 g/mol. The van der Waals surface area contributed by atoms with Crippen molar-refractivity contribution in [3.8, 4) is 5.69 Å². The molecule has 0 amide bonds. The van der Waals surface area contributed by atoms with E-state index in [1.165, 1.54) is 7.11 Å². The lowest BCUT2D eigenvalue weighted by Crippen LogP contribution is -2.06. The number of hydrogen-bond donors (Lipinski definition) is 1. The standard InChI is InChI=1S/C17H16N4O2/c1-12-15(11-19-21(12)13-6-4-3-5-7-13)20-16-10-18-9-8-14(16)17(22)23-2/h3-11,20H,1-2H3. The van der Waals surface area contributed by atoms with Gasteiger partial charge in [-0.1, -0.05) is 18.2 Å². The molecule has 0 aliphatic rings.